The van der Waals surface area contributed by atoms with E-state index in [2.05, 4.69) is 0 Å². The molecule has 3 N–H and O–H groups in total. The number of carboxylic acids is 1. The van der Waals surface area contributed by atoms with Gasteiger partial charge >= 0.3 is 18.1 Å². The number of aliphatic carboxylic acids is 1. The third-order valence-electron chi connectivity index (χ3n) is 4.06. The smallest absolute Gasteiger partial charge is 0.471 e. The van der Waals surface area contributed by atoms with Crippen LogP contribution in [0.2, 0.25) is 0 Å². The molecule has 0 aliphatic carbocycles. The molecule has 1 aliphatic heterocycles. The van der Waals surface area contributed by atoms with E-state index in [9.17, 15) is 32.7 Å². The molecule has 1 aromatic rings. The number of carbonyl (C=O) groups is 3. The van der Waals surface area contributed by atoms with Gasteiger partial charge in [0, 0.05) is 13.0 Å². The largest absolute Gasteiger partial charge is 0.508 e. The number of aromatic hydroxyl groups is 1. The van der Waals surface area contributed by atoms with Crippen LogP contribution < -0.4 is 5.32 Å². The lowest BCUT2D eigenvalue weighted by Crippen LogP contribution is -2.54. The average Bonchev–Trinajstić information content (AvgIpc) is 3.04. The van der Waals surface area contributed by atoms with Crippen molar-refractivity contribution in [2.24, 2.45) is 0 Å². The van der Waals surface area contributed by atoms with Gasteiger partial charge in [0.15, 0.2) is 0 Å². The first kappa shape index (κ1) is 19.5. The van der Waals surface area contributed by atoms with Gasteiger partial charge in [0.2, 0.25) is 5.91 Å². The van der Waals surface area contributed by atoms with E-state index in [1.54, 1.807) is 5.32 Å². The Balaban J connectivity index is 2.23. The maximum Gasteiger partial charge on any atom is 0.471 e. The molecule has 0 saturated carbocycles. The minimum Gasteiger partial charge on any atom is -0.508 e. The number of amides is 2. The van der Waals surface area contributed by atoms with Crippen molar-refractivity contribution in [1.82, 2.24) is 10.2 Å². The highest BCUT2D eigenvalue weighted by atomic mass is 19.4. The molecule has 1 aliphatic rings. The monoisotopic (exact) mass is 374 g/mol. The van der Waals surface area contributed by atoms with Gasteiger partial charge in [-0.15, -0.1) is 0 Å². The minimum atomic E-state index is -5.18. The third-order valence-corrected chi connectivity index (χ3v) is 4.06. The number of rotatable bonds is 5. The summed E-state index contributed by atoms with van der Waals surface area (Å²) < 4.78 is 37.7. The fourth-order valence-corrected chi connectivity index (χ4v) is 2.80. The van der Waals surface area contributed by atoms with Crippen molar-refractivity contribution in [3.63, 3.8) is 0 Å². The Bertz CT molecular complexity index is 690. The predicted octanol–water partition coefficient (Wildman–Crippen LogP) is 1.06. The molecular weight excluding hydrogens is 357 g/mol. The van der Waals surface area contributed by atoms with Gasteiger partial charge in [-0.1, -0.05) is 12.1 Å². The summed E-state index contributed by atoms with van der Waals surface area (Å²) in [6.07, 6.45) is -4.85. The Morgan fingerprint density at radius 2 is 1.85 bits per heavy atom. The van der Waals surface area contributed by atoms with Crippen molar-refractivity contribution >= 4 is 17.8 Å². The molecule has 0 unspecified atom stereocenters. The number of hydrogen-bond donors (Lipinski definition) is 3. The van der Waals surface area contributed by atoms with Gasteiger partial charge in [0.05, 0.1) is 0 Å². The molecular formula is C16H17F3N2O5. The standard InChI is InChI=1S/C16H17F3N2O5/c17-16(18,19)15(26)20-11(8-9-3-5-10(22)6-4-9)13(23)21-7-1-2-12(21)14(24)25/h3-6,11-12,22H,1-2,7-8H2,(H,20,26)(H,24,25)/t11-,12-/m0/s1. The van der Waals surface area contributed by atoms with Crippen molar-refractivity contribution in [2.75, 3.05) is 6.54 Å². The molecule has 1 saturated heterocycles. The molecule has 0 spiro atoms. The van der Waals surface area contributed by atoms with Gasteiger partial charge in [0.1, 0.15) is 17.8 Å². The molecule has 1 aromatic carbocycles. The maximum atomic E-state index is 12.6. The SMILES string of the molecule is O=C(O)[C@@H]1CCCN1C(=O)[C@H](Cc1ccc(O)cc1)NC(=O)C(F)(F)F. The normalized spacial score (nSPS) is 18.4. The van der Waals surface area contributed by atoms with Crippen LogP contribution in [-0.2, 0) is 20.8 Å². The third kappa shape index (κ3) is 4.64. The number of phenols is 1. The second-order valence-corrected chi connectivity index (χ2v) is 5.92. The van der Waals surface area contributed by atoms with Crippen molar-refractivity contribution in [2.45, 2.75) is 37.5 Å². The number of carbonyl (C=O) groups excluding carboxylic acids is 2. The minimum absolute atomic E-state index is 0.0681. The number of nitrogens with zero attached hydrogens (tertiary/aromatic N) is 1. The van der Waals surface area contributed by atoms with E-state index in [1.165, 1.54) is 24.3 Å². The van der Waals surface area contributed by atoms with Gasteiger partial charge in [-0.25, -0.2) is 4.79 Å². The van der Waals surface area contributed by atoms with Gasteiger partial charge in [-0.05, 0) is 30.5 Å². The quantitative estimate of drug-likeness (QED) is 0.714. The highest BCUT2D eigenvalue weighted by Crippen LogP contribution is 2.21. The molecule has 0 bridgehead atoms. The van der Waals surface area contributed by atoms with Crippen LogP contribution >= 0.6 is 0 Å². The van der Waals surface area contributed by atoms with Crippen LogP contribution in [0.15, 0.2) is 24.3 Å². The van der Waals surface area contributed by atoms with E-state index in [4.69, 9.17) is 5.11 Å². The van der Waals surface area contributed by atoms with Gasteiger partial charge in [-0.2, -0.15) is 13.2 Å². The summed E-state index contributed by atoms with van der Waals surface area (Å²) in [5.74, 6) is -4.48. The molecule has 0 aromatic heterocycles. The van der Waals surface area contributed by atoms with E-state index in [1.807, 2.05) is 0 Å². The van der Waals surface area contributed by atoms with Crippen LogP contribution in [0, 0.1) is 0 Å². The lowest BCUT2D eigenvalue weighted by molar-refractivity contribution is -0.175. The van der Waals surface area contributed by atoms with Crippen molar-refractivity contribution < 1.29 is 37.8 Å². The number of alkyl halides is 3. The summed E-state index contributed by atoms with van der Waals surface area (Å²) in [7, 11) is 0. The van der Waals surface area contributed by atoms with Gasteiger partial charge in [0.25, 0.3) is 0 Å². The highest BCUT2D eigenvalue weighted by Gasteiger charge is 2.43. The number of halogens is 3. The van der Waals surface area contributed by atoms with Crippen LogP contribution in [0.5, 0.6) is 5.75 Å². The molecule has 26 heavy (non-hydrogen) atoms. The first-order valence-corrected chi connectivity index (χ1v) is 7.78. The van der Waals surface area contributed by atoms with E-state index in [-0.39, 0.29) is 25.1 Å². The zero-order chi connectivity index (χ0) is 19.5. The van der Waals surface area contributed by atoms with Gasteiger partial charge < -0.3 is 20.4 Å². The predicted molar refractivity (Wildman–Crippen MR) is 82.2 cm³/mol. The number of phenolic OH excluding ortho intramolecular Hbond substituents is 1. The maximum absolute atomic E-state index is 12.6. The Morgan fingerprint density at radius 3 is 2.38 bits per heavy atom. The van der Waals surface area contributed by atoms with Gasteiger partial charge in [-0.3, -0.25) is 9.59 Å². The van der Waals surface area contributed by atoms with E-state index in [0.717, 1.165) is 4.90 Å². The number of benzene rings is 1. The second-order valence-electron chi connectivity index (χ2n) is 5.92. The lowest BCUT2D eigenvalue weighted by atomic mass is 10.0. The first-order valence-electron chi connectivity index (χ1n) is 7.78. The molecule has 2 amide bonds. The summed E-state index contributed by atoms with van der Waals surface area (Å²) in [4.78, 5) is 36.1. The molecule has 2 rings (SSSR count). The van der Waals surface area contributed by atoms with Crippen molar-refractivity contribution in [3.8, 4) is 5.75 Å². The molecule has 7 nitrogen and oxygen atoms in total. The molecule has 2 atom stereocenters. The Kier molecular flexibility index (Phi) is 5.73. The van der Waals surface area contributed by atoms with E-state index >= 15 is 0 Å². The van der Waals surface area contributed by atoms with Crippen molar-refractivity contribution in [1.29, 1.82) is 0 Å². The zero-order valence-electron chi connectivity index (χ0n) is 13.5. The molecule has 142 valence electrons. The number of nitrogens with one attached hydrogen (secondary N) is 1. The van der Waals surface area contributed by atoms with Crippen LogP contribution in [0.25, 0.3) is 0 Å². The summed E-state index contributed by atoms with van der Waals surface area (Å²) >= 11 is 0. The molecule has 1 heterocycles. The van der Waals surface area contributed by atoms with Crippen LogP contribution in [0.4, 0.5) is 13.2 Å². The lowest BCUT2D eigenvalue weighted by Gasteiger charge is -2.27. The molecule has 0 radical (unpaired) electrons. The Hall–Kier alpha value is -2.78. The van der Waals surface area contributed by atoms with E-state index in [0.29, 0.717) is 12.0 Å². The van der Waals surface area contributed by atoms with E-state index < -0.39 is 36.0 Å². The average molecular weight is 374 g/mol. The van der Waals surface area contributed by atoms with Crippen LogP contribution in [0.1, 0.15) is 18.4 Å². The molecule has 10 heteroatoms. The zero-order valence-corrected chi connectivity index (χ0v) is 13.5. The van der Waals surface area contributed by atoms with Crippen LogP contribution in [-0.4, -0.2) is 57.7 Å². The summed E-state index contributed by atoms with van der Waals surface area (Å²) in [5.41, 5.74) is 0.398. The summed E-state index contributed by atoms with van der Waals surface area (Å²) in [6, 6.07) is 2.67. The van der Waals surface area contributed by atoms with Crippen molar-refractivity contribution in [3.05, 3.63) is 29.8 Å². The fraction of sp³-hybridized carbons (Fsp3) is 0.438. The highest BCUT2D eigenvalue weighted by molar-refractivity contribution is 5.92. The molecule has 1 fully saturated rings. The number of carboxylic acid groups (broad SMARTS) is 1. The number of likely N-dealkylation sites (tertiary alicyclic amines) is 1. The topological polar surface area (TPSA) is 107 Å². The number of hydrogen-bond acceptors (Lipinski definition) is 4. The Labute approximate surface area is 146 Å². The summed E-state index contributed by atoms with van der Waals surface area (Å²) in [6.45, 7) is 0.0871. The summed E-state index contributed by atoms with van der Waals surface area (Å²) in [5, 5.41) is 20.1. The van der Waals surface area contributed by atoms with Crippen LogP contribution in [0.3, 0.4) is 0 Å². The first-order chi connectivity index (χ1) is 12.1. The second kappa shape index (κ2) is 7.63. The fourth-order valence-electron chi connectivity index (χ4n) is 2.80. The Morgan fingerprint density at radius 1 is 1.23 bits per heavy atom.